The molecule has 0 aromatic heterocycles. The maximum atomic E-state index is 11.5. The highest BCUT2D eigenvalue weighted by Gasteiger charge is 2.17. The van der Waals surface area contributed by atoms with Gasteiger partial charge in [-0.05, 0) is 19.9 Å². The Morgan fingerprint density at radius 2 is 2.17 bits per heavy atom. The number of hydrogen-bond donors (Lipinski definition) is 1. The fourth-order valence-electron chi connectivity index (χ4n) is 1.75. The van der Waals surface area contributed by atoms with Gasteiger partial charge in [-0.1, -0.05) is 0 Å². The van der Waals surface area contributed by atoms with Crippen molar-refractivity contribution in [2.75, 3.05) is 18.5 Å². The normalized spacial score (nSPS) is 12.0. The third-order valence-electron chi connectivity index (χ3n) is 2.52. The van der Waals surface area contributed by atoms with Gasteiger partial charge < -0.3 is 10.0 Å². The molecule has 0 aliphatic rings. The van der Waals surface area contributed by atoms with Crippen LogP contribution in [0.2, 0.25) is 0 Å². The number of aliphatic hydroxyl groups excluding tert-OH is 1. The average Bonchev–Trinajstić information content (AvgIpc) is 2.26. The van der Waals surface area contributed by atoms with Gasteiger partial charge in [-0.3, -0.25) is 14.9 Å². The van der Waals surface area contributed by atoms with E-state index in [0.29, 0.717) is 12.2 Å². The molecule has 1 aromatic rings. The summed E-state index contributed by atoms with van der Waals surface area (Å²) in [5.41, 5.74) is 0.746. The number of rotatable bonds is 5. The van der Waals surface area contributed by atoms with E-state index in [1.165, 1.54) is 25.1 Å². The highest BCUT2D eigenvalue weighted by atomic mass is 16.6. The summed E-state index contributed by atoms with van der Waals surface area (Å²) in [5, 5.41) is 20.0. The van der Waals surface area contributed by atoms with Crippen molar-refractivity contribution in [1.29, 1.82) is 0 Å². The van der Waals surface area contributed by atoms with E-state index in [2.05, 4.69) is 0 Å². The zero-order valence-corrected chi connectivity index (χ0v) is 10.6. The fraction of sp³-hybridized carbons (Fsp3) is 0.417. The SMILES string of the molecule is CC(=O)c1cc([N+](=O)[O-])ccc1N(C)CC(C)O. The minimum absolute atomic E-state index is 0.116. The Balaban J connectivity index is 3.19. The molecule has 18 heavy (non-hydrogen) atoms. The molecule has 6 heteroatoms. The Morgan fingerprint density at radius 1 is 1.56 bits per heavy atom. The number of aliphatic hydroxyl groups is 1. The molecule has 0 saturated heterocycles. The molecule has 1 unspecified atom stereocenters. The first-order valence-corrected chi connectivity index (χ1v) is 5.51. The van der Waals surface area contributed by atoms with Crippen LogP contribution in [0.1, 0.15) is 24.2 Å². The van der Waals surface area contributed by atoms with Crippen LogP contribution < -0.4 is 4.90 Å². The van der Waals surface area contributed by atoms with Crippen LogP contribution in [0.4, 0.5) is 11.4 Å². The molecule has 0 fully saturated rings. The summed E-state index contributed by atoms with van der Waals surface area (Å²) in [4.78, 5) is 23.4. The van der Waals surface area contributed by atoms with Crippen molar-refractivity contribution in [3.05, 3.63) is 33.9 Å². The molecule has 1 aromatic carbocycles. The number of carbonyl (C=O) groups excluding carboxylic acids is 1. The van der Waals surface area contributed by atoms with Gasteiger partial charge in [0, 0.05) is 37.0 Å². The quantitative estimate of drug-likeness (QED) is 0.489. The van der Waals surface area contributed by atoms with Crippen LogP contribution in [0.25, 0.3) is 0 Å². The maximum absolute atomic E-state index is 11.5. The Morgan fingerprint density at radius 3 is 2.61 bits per heavy atom. The number of anilines is 1. The highest BCUT2D eigenvalue weighted by Crippen LogP contribution is 2.25. The van der Waals surface area contributed by atoms with E-state index >= 15 is 0 Å². The van der Waals surface area contributed by atoms with Gasteiger partial charge in [-0.15, -0.1) is 0 Å². The number of carbonyl (C=O) groups is 1. The zero-order valence-electron chi connectivity index (χ0n) is 10.6. The van der Waals surface area contributed by atoms with Gasteiger partial charge >= 0.3 is 0 Å². The van der Waals surface area contributed by atoms with E-state index in [1.54, 1.807) is 18.9 Å². The van der Waals surface area contributed by atoms with E-state index < -0.39 is 11.0 Å². The van der Waals surface area contributed by atoms with E-state index in [9.17, 15) is 20.0 Å². The first-order valence-electron chi connectivity index (χ1n) is 5.51. The number of nitro groups is 1. The summed E-state index contributed by atoms with van der Waals surface area (Å²) in [7, 11) is 1.72. The minimum Gasteiger partial charge on any atom is -0.392 e. The second kappa shape index (κ2) is 5.59. The second-order valence-corrected chi connectivity index (χ2v) is 4.24. The lowest BCUT2D eigenvalue weighted by Crippen LogP contribution is -2.28. The Hall–Kier alpha value is -1.95. The number of nitrogens with zero attached hydrogens (tertiary/aromatic N) is 2. The van der Waals surface area contributed by atoms with Gasteiger partial charge in [-0.2, -0.15) is 0 Å². The van der Waals surface area contributed by atoms with Crippen molar-refractivity contribution in [2.24, 2.45) is 0 Å². The van der Waals surface area contributed by atoms with E-state index in [-0.39, 0.29) is 17.0 Å². The molecule has 0 spiro atoms. The molecule has 1 rings (SSSR count). The van der Waals surface area contributed by atoms with Gasteiger partial charge in [0.05, 0.1) is 11.0 Å². The van der Waals surface area contributed by atoms with Gasteiger partial charge in [-0.25, -0.2) is 0 Å². The van der Waals surface area contributed by atoms with Crippen molar-refractivity contribution in [1.82, 2.24) is 0 Å². The first-order chi connectivity index (χ1) is 8.32. The molecule has 0 saturated carbocycles. The summed E-state index contributed by atoms with van der Waals surface area (Å²) in [6.45, 7) is 3.34. The topological polar surface area (TPSA) is 83.7 Å². The van der Waals surface area contributed by atoms with Crippen LogP contribution in [0.3, 0.4) is 0 Å². The molecule has 0 heterocycles. The summed E-state index contributed by atoms with van der Waals surface area (Å²) < 4.78 is 0. The van der Waals surface area contributed by atoms with Crippen LogP contribution in [0, 0.1) is 10.1 Å². The molecular formula is C12H16N2O4. The van der Waals surface area contributed by atoms with Crippen molar-refractivity contribution in [3.8, 4) is 0 Å². The Bertz CT molecular complexity index is 471. The standard InChI is InChI=1S/C12H16N2O4/c1-8(15)7-13(3)12-5-4-10(14(17)18)6-11(12)9(2)16/h4-6,8,15H,7H2,1-3H3. The molecule has 6 nitrogen and oxygen atoms in total. The number of Topliss-reactive ketones (excluding diaryl/α,β-unsaturated/α-hetero) is 1. The molecule has 1 atom stereocenters. The largest absolute Gasteiger partial charge is 0.392 e. The second-order valence-electron chi connectivity index (χ2n) is 4.24. The summed E-state index contributed by atoms with van der Waals surface area (Å²) >= 11 is 0. The number of ketones is 1. The smallest absolute Gasteiger partial charge is 0.270 e. The predicted octanol–water partition coefficient (Wildman–Crippen LogP) is 1.61. The average molecular weight is 252 g/mol. The number of hydrogen-bond acceptors (Lipinski definition) is 5. The van der Waals surface area contributed by atoms with Gasteiger partial charge in [0.15, 0.2) is 5.78 Å². The lowest BCUT2D eigenvalue weighted by molar-refractivity contribution is -0.384. The van der Waals surface area contributed by atoms with Crippen LogP contribution in [-0.4, -0.2) is 35.5 Å². The highest BCUT2D eigenvalue weighted by molar-refractivity contribution is 6.00. The summed E-state index contributed by atoms with van der Waals surface area (Å²) in [6, 6.07) is 4.13. The third-order valence-corrected chi connectivity index (χ3v) is 2.52. The lowest BCUT2D eigenvalue weighted by atomic mass is 10.1. The molecule has 1 N–H and O–H groups in total. The van der Waals surface area contributed by atoms with Crippen LogP contribution in [0.5, 0.6) is 0 Å². The minimum atomic E-state index is -0.551. The summed E-state index contributed by atoms with van der Waals surface area (Å²) in [5.74, 6) is -0.244. The molecular weight excluding hydrogens is 236 g/mol. The number of non-ortho nitro benzene ring substituents is 1. The van der Waals surface area contributed by atoms with Gasteiger partial charge in [0.2, 0.25) is 0 Å². The molecule has 98 valence electrons. The number of benzene rings is 1. The lowest BCUT2D eigenvalue weighted by Gasteiger charge is -2.22. The van der Waals surface area contributed by atoms with Crippen LogP contribution >= 0.6 is 0 Å². The molecule has 0 aliphatic heterocycles. The van der Waals surface area contributed by atoms with Crippen molar-refractivity contribution >= 4 is 17.2 Å². The fourth-order valence-corrected chi connectivity index (χ4v) is 1.75. The van der Waals surface area contributed by atoms with Crippen molar-refractivity contribution < 1.29 is 14.8 Å². The van der Waals surface area contributed by atoms with Crippen LogP contribution in [-0.2, 0) is 0 Å². The maximum Gasteiger partial charge on any atom is 0.270 e. The first kappa shape index (κ1) is 14.1. The Kier molecular flexibility index (Phi) is 4.38. The van der Waals surface area contributed by atoms with E-state index in [1.807, 2.05) is 0 Å². The molecule has 0 amide bonds. The van der Waals surface area contributed by atoms with Crippen molar-refractivity contribution in [2.45, 2.75) is 20.0 Å². The monoisotopic (exact) mass is 252 g/mol. The van der Waals surface area contributed by atoms with Crippen molar-refractivity contribution in [3.63, 3.8) is 0 Å². The zero-order chi connectivity index (χ0) is 13.9. The molecule has 0 radical (unpaired) electrons. The molecule has 0 bridgehead atoms. The summed E-state index contributed by atoms with van der Waals surface area (Å²) in [6.07, 6.45) is -0.551. The van der Waals surface area contributed by atoms with Gasteiger partial charge in [0.25, 0.3) is 5.69 Å². The van der Waals surface area contributed by atoms with Gasteiger partial charge in [0.1, 0.15) is 0 Å². The number of likely N-dealkylation sites (N-methyl/N-ethyl adjacent to an activating group) is 1. The number of nitro benzene ring substituents is 1. The van der Waals surface area contributed by atoms with Crippen LogP contribution in [0.15, 0.2) is 18.2 Å². The third kappa shape index (κ3) is 3.27. The van der Waals surface area contributed by atoms with E-state index in [4.69, 9.17) is 0 Å². The Labute approximate surface area is 105 Å². The predicted molar refractivity (Wildman–Crippen MR) is 68.1 cm³/mol. The van der Waals surface area contributed by atoms with E-state index in [0.717, 1.165) is 0 Å². The molecule has 0 aliphatic carbocycles.